The Balaban J connectivity index is 0.000000167. The fraction of sp³-hybridized carbons (Fsp3) is 0.0714. The molecule has 0 aliphatic rings. The fourth-order valence-electron chi connectivity index (χ4n) is 4.44. The average molecular weight is 577 g/mol. The smallest absolute Gasteiger partial charge is 0.355 e. The predicted molar refractivity (Wildman–Crippen MR) is 156 cm³/mol. The summed E-state index contributed by atoms with van der Waals surface area (Å²) in [6, 6.07) is 11.1. The quantitative estimate of drug-likeness (QED) is 0.228. The van der Waals surface area contributed by atoms with Crippen molar-refractivity contribution in [2.45, 2.75) is 13.3 Å². The van der Waals surface area contributed by atoms with Crippen LogP contribution >= 0.6 is 0 Å². The van der Waals surface area contributed by atoms with Gasteiger partial charge >= 0.3 is 5.97 Å². The first kappa shape index (κ1) is 26.8. The minimum atomic E-state index is -1.22. The summed E-state index contributed by atoms with van der Waals surface area (Å²) in [5.41, 5.74) is 8.51. The minimum absolute atomic E-state index is 0.160. The molecule has 7 heterocycles. The summed E-state index contributed by atoms with van der Waals surface area (Å²) < 4.78 is 4.54. The van der Waals surface area contributed by atoms with Crippen molar-refractivity contribution in [1.82, 2.24) is 54.3 Å². The number of aromatic carboxylic acids is 1. The first-order valence-electron chi connectivity index (χ1n) is 13.0. The number of fused-ring (bicyclic) bond motifs is 1. The van der Waals surface area contributed by atoms with Gasteiger partial charge in [-0.15, -0.1) is 0 Å². The molecular weight excluding hydrogens is 552 g/mol. The Bertz CT molecular complexity index is 2090. The van der Waals surface area contributed by atoms with Crippen molar-refractivity contribution < 1.29 is 9.90 Å². The number of nitrogens with two attached hydrogens (primary N) is 1. The van der Waals surface area contributed by atoms with Crippen LogP contribution in [0.5, 0.6) is 0 Å². The number of carbonyl (C=O) groups is 1. The van der Waals surface area contributed by atoms with Crippen LogP contribution in [-0.4, -0.2) is 65.4 Å². The Labute approximate surface area is 242 Å². The van der Waals surface area contributed by atoms with Crippen LogP contribution in [0.15, 0.2) is 90.8 Å². The van der Waals surface area contributed by atoms with E-state index in [1.54, 1.807) is 59.7 Å². The molecule has 0 saturated heterocycles. The van der Waals surface area contributed by atoms with Gasteiger partial charge < -0.3 is 10.8 Å². The number of anilines is 1. The van der Waals surface area contributed by atoms with Gasteiger partial charge in [-0.3, -0.25) is 15.0 Å². The molecule has 15 heteroatoms. The molecule has 214 valence electrons. The van der Waals surface area contributed by atoms with E-state index >= 15 is 0 Å². The number of pyridine rings is 2. The molecule has 43 heavy (non-hydrogen) atoms. The molecule has 0 aliphatic heterocycles. The second-order valence-electron chi connectivity index (χ2n) is 9.17. The van der Waals surface area contributed by atoms with E-state index < -0.39 is 11.5 Å². The molecule has 0 saturated carbocycles. The van der Waals surface area contributed by atoms with Gasteiger partial charge in [0, 0.05) is 53.2 Å². The molecule has 15 nitrogen and oxygen atoms in total. The third-order valence-corrected chi connectivity index (χ3v) is 6.54. The lowest BCUT2D eigenvalue weighted by Crippen LogP contribution is -2.24. The van der Waals surface area contributed by atoms with Crippen LogP contribution in [0, 0.1) is 0 Å². The number of nitrogens with zero attached hydrogens (tertiary/aromatic N) is 9. The van der Waals surface area contributed by atoms with Crippen LogP contribution in [0.25, 0.3) is 39.5 Å². The monoisotopic (exact) mass is 576 g/mol. The van der Waals surface area contributed by atoms with Crippen LogP contribution in [0.2, 0.25) is 0 Å². The number of carboxylic acids is 1. The normalized spacial score (nSPS) is 10.9. The molecule has 0 aliphatic carbocycles. The molecule has 0 fully saturated rings. The van der Waals surface area contributed by atoms with Crippen molar-refractivity contribution in [2.75, 3.05) is 5.73 Å². The number of aromatic amines is 2. The molecule has 5 N–H and O–H groups in total. The van der Waals surface area contributed by atoms with Gasteiger partial charge in [0.15, 0.2) is 23.0 Å². The zero-order valence-electron chi connectivity index (χ0n) is 22.7. The zero-order valence-corrected chi connectivity index (χ0v) is 22.7. The van der Waals surface area contributed by atoms with Crippen molar-refractivity contribution >= 4 is 17.4 Å². The van der Waals surface area contributed by atoms with Gasteiger partial charge in [0.25, 0.3) is 5.56 Å². The molecule has 7 rings (SSSR count). The third kappa shape index (κ3) is 5.13. The third-order valence-electron chi connectivity index (χ3n) is 6.54. The molecule has 0 atom stereocenters. The average Bonchev–Trinajstić information content (AvgIpc) is 3.85. The van der Waals surface area contributed by atoms with Gasteiger partial charge in [-0.2, -0.15) is 15.3 Å². The summed E-state index contributed by atoms with van der Waals surface area (Å²) in [6.45, 7) is 1.72. The Morgan fingerprint density at radius 1 is 0.930 bits per heavy atom. The fourth-order valence-corrected chi connectivity index (χ4v) is 4.44. The Hall–Kier alpha value is -6.38. The van der Waals surface area contributed by atoms with E-state index in [0.717, 1.165) is 16.9 Å². The number of H-pyrrole nitrogens is 2. The maximum Gasteiger partial charge on any atom is 0.355 e. The maximum atomic E-state index is 12.6. The van der Waals surface area contributed by atoms with E-state index in [-0.39, 0.29) is 23.3 Å². The summed E-state index contributed by atoms with van der Waals surface area (Å²) >= 11 is 0. The van der Waals surface area contributed by atoms with Gasteiger partial charge in [0.05, 0.1) is 24.2 Å². The molecule has 0 amide bonds. The summed E-state index contributed by atoms with van der Waals surface area (Å²) in [4.78, 5) is 36.7. The predicted octanol–water partition coefficient (Wildman–Crippen LogP) is 2.77. The van der Waals surface area contributed by atoms with E-state index in [9.17, 15) is 14.7 Å². The van der Waals surface area contributed by atoms with E-state index in [1.165, 1.54) is 4.52 Å². The molecule has 0 aromatic carbocycles. The lowest BCUT2D eigenvalue weighted by molar-refractivity contribution is 0.0689. The second-order valence-corrected chi connectivity index (χ2v) is 9.17. The Morgan fingerprint density at radius 3 is 2.07 bits per heavy atom. The van der Waals surface area contributed by atoms with Crippen LogP contribution in [0.4, 0.5) is 5.82 Å². The van der Waals surface area contributed by atoms with Crippen LogP contribution in [0.3, 0.4) is 0 Å². The van der Waals surface area contributed by atoms with E-state index in [4.69, 9.17) is 5.73 Å². The highest BCUT2D eigenvalue weighted by atomic mass is 16.4. The van der Waals surface area contributed by atoms with Gasteiger partial charge in [0.1, 0.15) is 5.82 Å². The van der Waals surface area contributed by atoms with Crippen LogP contribution in [0.1, 0.15) is 23.0 Å². The topological polar surface area (TPSA) is 204 Å². The highest BCUT2D eigenvalue weighted by Crippen LogP contribution is 2.24. The number of hydrogen-bond donors (Lipinski definition) is 4. The van der Waals surface area contributed by atoms with Crippen molar-refractivity contribution in [3.8, 4) is 33.9 Å². The minimum Gasteiger partial charge on any atom is -0.476 e. The second kappa shape index (κ2) is 11.2. The largest absolute Gasteiger partial charge is 0.476 e. The summed E-state index contributed by atoms with van der Waals surface area (Å²) in [7, 11) is 0. The first-order chi connectivity index (χ1) is 20.9. The molecule has 7 aromatic heterocycles. The molecule has 0 unspecified atom stereocenters. The van der Waals surface area contributed by atoms with Crippen LogP contribution < -0.4 is 11.3 Å². The zero-order chi connectivity index (χ0) is 29.9. The van der Waals surface area contributed by atoms with Gasteiger partial charge in [-0.1, -0.05) is 19.1 Å². The molecule has 0 bridgehead atoms. The summed E-state index contributed by atoms with van der Waals surface area (Å²) in [6.07, 6.45) is 13.9. The van der Waals surface area contributed by atoms with Crippen molar-refractivity contribution in [1.29, 1.82) is 0 Å². The van der Waals surface area contributed by atoms with Crippen molar-refractivity contribution in [3.63, 3.8) is 0 Å². The van der Waals surface area contributed by atoms with Gasteiger partial charge in [-0.05, 0) is 30.7 Å². The Morgan fingerprint density at radius 2 is 1.56 bits per heavy atom. The number of aromatic nitrogens is 11. The molecule has 0 spiro atoms. The summed E-state index contributed by atoms with van der Waals surface area (Å²) in [5, 5.41) is 27.3. The number of hydrogen-bond acceptors (Lipinski definition) is 9. The van der Waals surface area contributed by atoms with Gasteiger partial charge in [0.2, 0.25) is 0 Å². The highest BCUT2D eigenvalue weighted by Gasteiger charge is 2.20. The Kier molecular flexibility index (Phi) is 7.01. The molecular formula is C28H24N12O3. The highest BCUT2D eigenvalue weighted by molar-refractivity contribution is 5.89. The van der Waals surface area contributed by atoms with Crippen LogP contribution in [-0.2, 0) is 6.42 Å². The van der Waals surface area contributed by atoms with Crippen molar-refractivity contribution in [2.24, 2.45) is 0 Å². The van der Waals surface area contributed by atoms with E-state index in [2.05, 4.69) is 40.4 Å². The van der Waals surface area contributed by atoms with Crippen molar-refractivity contribution in [3.05, 3.63) is 108 Å². The van der Waals surface area contributed by atoms with Gasteiger partial charge in [-0.25, -0.2) is 33.6 Å². The number of nitrogen functional groups attached to an aromatic ring is 1. The maximum absolute atomic E-state index is 12.6. The lowest BCUT2D eigenvalue weighted by Gasteiger charge is -2.03. The lowest BCUT2D eigenvalue weighted by atomic mass is 10.1. The SMILES string of the molecule is CCc1c(C(=O)O)nc2c(-c3cnn(-c4ccccn4)c3)c[nH]n2c1=O.Nc1[nH]ncc1-c1cnn(-c2ccccn2)c1. The van der Waals surface area contributed by atoms with E-state index in [0.29, 0.717) is 22.8 Å². The number of carboxylic acid groups (broad SMARTS) is 1. The van der Waals surface area contributed by atoms with E-state index in [1.807, 2.05) is 42.6 Å². The summed E-state index contributed by atoms with van der Waals surface area (Å²) in [5.74, 6) is 0.715. The number of nitrogens with one attached hydrogen (secondary N) is 2. The molecule has 0 radical (unpaired) electrons. The standard InChI is InChI=1S/C17H14N6O3.C11H10N6/c1-2-11-14(17(25)26)21-15-12(8-20-23(15)16(11)24)10-7-19-22(9-10)13-5-3-4-6-18-13;12-11-9(6-14-16-11)8-5-15-17(7-8)10-3-1-2-4-13-10/h3-9,20H,2H2,1H3,(H,25,26);1-7H,(H3,12,14,16). The molecule has 7 aromatic rings. The number of rotatable bonds is 6. The first-order valence-corrected chi connectivity index (χ1v) is 13.0.